The van der Waals surface area contributed by atoms with Crippen molar-refractivity contribution in [2.75, 3.05) is 0 Å². The normalized spacial score (nSPS) is 11.5. The molecule has 27 heavy (non-hydrogen) atoms. The van der Waals surface area contributed by atoms with Gasteiger partial charge in [0.25, 0.3) is 5.91 Å². The van der Waals surface area contributed by atoms with Crippen LogP contribution in [0.4, 0.5) is 5.69 Å². The average molecular weight is 363 g/mol. The van der Waals surface area contributed by atoms with Crippen LogP contribution in [0.15, 0.2) is 52.7 Å². The van der Waals surface area contributed by atoms with Crippen LogP contribution in [0.5, 0.6) is 5.88 Å². The molecule has 2 N–H and O–H groups in total. The topological polar surface area (TPSA) is 77.8 Å². The second kappa shape index (κ2) is 8.62. The second-order valence-electron chi connectivity index (χ2n) is 6.78. The first-order valence-corrected chi connectivity index (χ1v) is 9.46. The zero-order chi connectivity index (χ0) is 19.2. The van der Waals surface area contributed by atoms with Gasteiger partial charge < -0.3 is 10.1 Å². The first-order chi connectivity index (χ1) is 13.1. The van der Waals surface area contributed by atoms with Gasteiger partial charge in [0.05, 0.1) is 5.52 Å². The number of benzene rings is 2. The van der Waals surface area contributed by atoms with E-state index in [4.69, 9.17) is 0 Å². The van der Waals surface area contributed by atoms with Crippen LogP contribution >= 0.6 is 0 Å². The number of nitrogens with zero attached hydrogens (tertiary/aromatic N) is 2. The quantitative estimate of drug-likeness (QED) is 0.385. The Kier molecular flexibility index (Phi) is 6.01. The van der Waals surface area contributed by atoms with Gasteiger partial charge in [-0.15, -0.1) is 10.2 Å². The molecule has 140 valence electrons. The highest BCUT2D eigenvalue weighted by Gasteiger charge is 2.15. The third kappa shape index (κ3) is 4.25. The molecule has 0 spiro atoms. The fourth-order valence-corrected chi connectivity index (χ4v) is 3.27. The number of aromatic amines is 1. The number of fused-ring (bicyclic) bond motifs is 1. The molecule has 0 bridgehead atoms. The summed E-state index contributed by atoms with van der Waals surface area (Å²) < 4.78 is 0. The first kappa shape index (κ1) is 18.8. The number of nitrogens with one attached hydrogen (secondary N) is 1. The molecule has 5 heteroatoms. The van der Waals surface area contributed by atoms with Crippen LogP contribution in [0.25, 0.3) is 10.9 Å². The number of aryl methyl sites for hydroxylation is 2. The molecule has 1 aromatic heterocycles. The molecule has 0 aliphatic carbocycles. The van der Waals surface area contributed by atoms with Crippen molar-refractivity contribution >= 4 is 22.5 Å². The molecule has 1 amide bonds. The fraction of sp³-hybridized carbons (Fsp3) is 0.318. The van der Waals surface area contributed by atoms with Crippen molar-refractivity contribution in [3.8, 4) is 5.88 Å². The number of hydrogen-bond donors (Lipinski definition) is 2. The zero-order valence-electron chi connectivity index (χ0n) is 15.8. The van der Waals surface area contributed by atoms with E-state index in [-0.39, 0.29) is 5.88 Å². The number of carbonyl (C=O) groups is 1. The van der Waals surface area contributed by atoms with Crippen LogP contribution in [0, 0.1) is 6.92 Å². The van der Waals surface area contributed by atoms with Gasteiger partial charge in [-0.2, -0.15) is 0 Å². The van der Waals surface area contributed by atoms with Gasteiger partial charge in [-0.3, -0.25) is 4.79 Å². The van der Waals surface area contributed by atoms with Gasteiger partial charge in [0.15, 0.2) is 5.69 Å². The lowest BCUT2D eigenvalue weighted by Gasteiger charge is -2.07. The Bertz CT molecular complexity index is 959. The van der Waals surface area contributed by atoms with E-state index in [0.717, 1.165) is 29.3 Å². The molecule has 0 fully saturated rings. The van der Waals surface area contributed by atoms with E-state index < -0.39 is 5.91 Å². The summed E-state index contributed by atoms with van der Waals surface area (Å²) in [6.45, 7) is 4.25. The molecule has 3 aromatic rings. The maximum absolute atomic E-state index is 12.1. The maximum Gasteiger partial charge on any atom is 0.295 e. The Hall–Kier alpha value is -2.95. The van der Waals surface area contributed by atoms with Crippen LogP contribution in [-0.2, 0) is 6.42 Å². The van der Waals surface area contributed by atoms with E-state index >= 15 is 0 Å². The highest BCUT2D eigenvalue weighted by Crippen LogP contribution is 2.38. The number of rotatable bonds is 7. The Morgan fingerprint density at radius 2 is 1.85 bits per heavy atom. The van der Waals surface area contributed by atoms with Crippen LogP contribution in [0.1, 0.15) is 54.1 Å². The Morgan fingerprint density at radius 1 is 1.07 bits per heavy atom. The summed E-state index contributed by atoms with van der Waals surface area (Å²) in [5.74, 6) is -0.505. The molecule has 0 atom stereocenters. The minimum atomic E-state index is -0.436. The third-order valence-corrected chi connectivity index (χ3v) is 4.86. The van der Waals surface area contributed by atoms with Crippen molar-refractivity contribution in [2.24, 2.45) is 10.2 Å². The van der Waals surface area contributed by atoms with Gasteiger partial charge in [0.1, 0.15) is 0 Å². The summed E-state index contributed by atoms with van der Waals surface area (Å²) in [7, 11) is 0. The van der Waals surface area contributed by atoms with E-state index in [1.165, 1.54) is 24.8 Å². The summed E-state index contributed by atoms with van der Waals surface area (Å²) in [5.41, 5.74) is 3.99. The number of aromatic nitrogens is 1. The smallest absolute Gasteiger partial charge is 0.295 e. The number of amides is 1. The molecule has 1 heterocycles. The minimum Gasteiger partial charge on any atom is -0.493 e. The number of hydrogen-bond acceptors (Lipinski definition) is 3. The SMILES string of the molecule is CCCCCCc1ccc2c(N=NC(=O)c3ccccc3)c(O)[nH]c2c1C. The molecule has 5 nitrogen and oxygen atoms in total. The van der Waals surface area contributed by atoms with Crippen LogP contribution in [-0.4, -0.2) is 16.0 Å². The van der Waals surface area contributed by atoms with Crippen LogP contribution in [0.2, 0.25) is 0 Å². The Morgan fingerprint density at radius 3 is 2.59 bits per heavy atom. The third-order valence-electron chi connectivity index (χ3n) is 4.86. The lowest BCUT2D eigenvalue weighted by Crippen LogP contribution is -1.92. The predicted molar refractivity (Wildman–Crippen MR) is 108 cm³/mol. The fourth-order valence-electron chi connectivity index (χ4n) is 3.27. The van der Waals surface area contributed by atoms with E-state index in [1.54, 1.807) is 24.3 Å². The lowest BCUT2D eigenvalue weighted by atomic mass is 9.99. The second-order valence-corrected chi connectivity index (χ2v) is 6.78. The van der Waals surface area contributed by atoms with Gasteiger partial charge in [-0.05, 0) is 43.0 Å². The molecular weight excluding hydrogens is 338 g/mol. The van der Waals surface area contributed by atoms with Crippen LogP contribution < -0.4 is 0 Å². The molecule has 0 saturated heterocycles. The lowest BCUT2D eigenvalue weighted by molar-refractivity contribution is 0.0995. The standard InChI is InChI=1S/C22H25N3O2/c1-3-4-5-7-10-16-13-14-18-19(15(16)2)23-22(27)20(18)24-25-21(26)17-11-8-6-9-12-17/h6,8-9,11-14,23,27H,3-5,7,10H2,1-2H3. The molecule has 0 aliphatic rings. The summed E-state index contributed by atoms with van der Waals surface area (Å²) in [5, 5.41) is 18.8. The number of carbonyl (C=O) groups excluding carboxylic acids is 1. The predicted octanol–water partition coefficient (Wildman–Crippen LogP) is 6.23. The van der Waals surface area contributed by atoms with E-state index in [2.05, 4.69) is 28.2 Å². The highest BCUT2D eigenvalue weighted by molar-refractivity contribution is 5.98. The minimum absolute atomic E-state index is 0.0687. The highest BCUT2D eigenvalue weighted by atomic mass is 16.3. The average Bonchev–Trinajstić information content (AvgIpc) is 3.01. The first-order valence-electron chi connectivity index (χ1n) is 9.46. The molecule has 0 unspecified atom stereocenters. The van der Waals surface area contributed by atoms with Gasteiger partial charge in [-0.1, -0.05) is 56.5 Å². The summed E-state index contributed by atoms with van der Waals surface area (Å²) >= 11 is 0. The molecule has 0 radical (unpaired) electrons. The van der Waals surface area contributed by atoms with Gasteiger partial charge in [0.2, 0.25) is 5.88 Å². The zero-order valence-corrected chi connectivity index (χ0v) is 15.8. The van der Waals surface area contributed by atoms with E-state index in [1.807, 2.05) is 19.1 Å². The molecule has 3 rings (SSSR count). The Labute approximate surface area is 159 Å². The van der Waals surface area contributed by atoms with Gasteiger partial charge >= 0.3 is 0 Å². The van der Waals surface area contributed by atoms with E-state index in [0.29, 0.717) is 11.3 Å². The van der Waals surface area contributed by atoms with Crippen molar-refractivity contribution in [3.63, 3.8) is 0 Å². The van der Waals surface area contributed by atoms with E-state index in [9.17, 15) is 9.90 Å². The number of H-pyrrole nitrogens is 1. The summed E-state index contributed by atoms with van der Waals surface area (Å²) in [6.07, 6.45) is 5.88. The number of azo groups is 1. The van der Waals surface area contributed by atoms with Gasteiger partial charge in [0, 0.05) is 10.9 Å². The summed E-state index contributed by atoms with van der Waals surface area (Å²) in [4.78, 5) is 15.1. The molecule has 0 saturated carbocycles. The van der Waals surface area contributed by atoms with Crippen LogP contribution in [0.3, 0.4) is 0 Å². The van der Waals surface area contributed by atoms with Crippen molar-refractivity contribution in [3.05, 3.63) is 59.2 Å². The number of aromatic hydroxyl groups is 1. The molecule has 0 aliphatic heterocycles. The maximum atomic E-state index is 12.1. The number of unbranched alkanes of at least 4 members (excludes halogenated alkanes) is 3. The van der Waals surface area contributed by atoms with Crippen molar-refractivity contribution in [2.45, 2.75) is 46.0 Å². The van der Waals surface area contributed by atoms with Crippen molar-refractivity contribution in [1.82, 2.24) is 4.98 Å². The molecular formula is C22H25N3O2. The van der Waals surface area contributed by atoms with Crippen molar-refractivity contribution < 1.29 is 9.90 Å². The van der Waals surface area contributed by atoms with Crippen molar-refractivity contribution in [1.29, 1.82) is 0 Å². The monoisotopic (exact) mass is 363 g/mol. The largest absolute Gasteiger partial charge is 0.493 e. The Balaban J connectivity index is 1.84. The van der Waals surface area contributed by atoms with Gasteiger partial charge in [-0.25, -0.2) is 0 Å². The summed E-state index contributed by atoms with van der Waals surface area (Å²) in [6, 6.07) is 12.8. The molecule has 2 aromatic carbocycles.